The monoisotopic (exact) mass is 287 g/mol. The predicted octanol–water partition coefficient (Wildman–Crippen LogP) is 3.54. The molecule has 2 aromatic rings. The van der Waals surface area contributed by atoms with Gasteiger partial charge in [-0.05, 0) is 36.6 Å². The van der Waals surface area contributed by atoms with Crippen molar-refractivity contribution >= 4 is 34.5 Å². The average molecular weight is 288 g/mol. The van der Waals surface area contributed by atoms with E-state index in [1.54, 1.807) is 11.3 Å². The summed E-state index contributed by atoms with van der Waals surface area (Å²) in [5.41, 5.74) is 1.02. The second kappa shape index (κ2) is 6.44. The van der Waals surface area contributed by atoms with Gasteiger partial charge in [0.05, 0.1) is 16.1 Å². The molecule has 0 amide bonds. The Morgan fingerprint density at radius 3 is 2.94 bits per heavy atom. The molecular weight excluding hydrogens is 274 g/mol. The van der Waals surface area contributed by atoms with Crippen molar-refractivity contribution < 1.29 is 0 Å². The van der Waals surface area contributed by atoms with E-state index >= 15 is 0 Å². The van der Waals surface area contributed by atoms with Gasteiger partial charge in [0.2, 0.25) is 0 Å². The van der Waals surface area contributed by atoms with Crippen LogP contribution in [0, 0.1) is 0 Å². The standard InChI is InChI=1S/C11H14ClN3S2/c1-2-5-13-9(10-7-16-15-14-10)6-8-3-4-11(12)17-8/h3-4,7,9,13H,2,5-6H2,1H3. The van der Waals surface area contributed by atoms with Gasteiger partial charge in [0.25, 0.3) is 0 Å². The summed E-state index contributed by atoms with van der Waals surface area (Å²) < 4.78 is 4.77. The average Bonchev–Trinajstić information content (AvgIpc) is 2.95. The van der Waals surface area contributed by atoms with Crippen LogP contribution in [0.5, 0.6) is 0 Å². The third kappa shape index (κ3) is 3.74. The van der Waals surface area contributed by atoms with Gasteiger partial charge in [0, 0.05) is 16.7 Å². The third-order valence-electron chi connectivity index (χ3n) is 2.41. The first kappa shape index (κ1) is 13.0. The van der Waals surface area contributed by atoms with Crippen LogP contribution >= 0.6 is 34.5 Å². The van der Waals surface area contributed by atoms with Crippen LogP contribution in [-0.4, -0.2) is 16.1 Å². The molecule has 0 aromatic carbocycles. The molecule has 3 nitrogen and oxygen atoms in total. The number of nitrogens with one attached hydrogen (secondary N) is 1. The van der Waals surface area contributed by atoms with Crippen LogP contribution in [0.15, 0.2) is 17.5 Å². The highest BCUT2D eigenvalue weighted by Crippen LogP contribution is 2.26. The highest BCUT2D eigenvalue weighted by atomic mass is 35.5. The molecule has 0 fully saturated rings. The Balaban J connectivity index is 2.05. The number of aromatic nitrogens is 2. The van der Waals surface area contributed by atoms with Crippen LogP contribution in [0.25, 0.3) is 0 Å². The first-order valence-corrected chi connectivity index (χ1v) is 7.57. The van der Waals surface area contributed by atoms with Crippen LogP contribution in [0.1, 0.15) is 30.0 Å². The highest BCUT2D eigenvalue weighted by Gasteiger charge is 2.15. The molecular formula is C11H14ClN3S2. The topological polar surface area (TPSA) is 37.8 Å². The maximum atomic E-state index is 5.95. The molecule has 0 aliphatic heterocycles. The second-order valence-corrected chi connectivity index (χ2v) is 6.16. The van der Waals surface area contributed by atoms with E-state index < -0.39 is 0 Å². The van der Waals surface area contributed by atoms with Crippen LogP contribution < -0.4 is 5.32 Å². The summed E-state index contributed by atoms with van der Waals surface area (Å²) in [6.45, 7) is 3.15. The SMILES string of the molecule is CCCNC(Cc1ccc(Cl)s1)c1csnn1. The van der Waals surface area contributed by atoms with Gasteiger partial charge in [0.15, 0.2) is 0 Å². The summed E-state index contributed by atoms with van der Waals surface area (Å²) in [5.74, 6) is 0. The van der Waals surface area contributed by atoms with Crippen molar-refractivity contribution in [1.82, 2.24) is 14.9 Å². The van der Waals surface area contributed by atoms with Crippen molar-refractivity contribution in [2.75, 3.05) is 6.54 Å². The number of nitrogens with zero attached hydrogens (tertiary/aromatic N) is 2. The molecule has 2 heterocycles. The van der Waals surface area contributed by atoms with E-state index in [1.165, 1.54) is 16.4 Å². The fraction of sp³-hybridized carbons (Fsp3) is 0.455. The molecule has 0 radical (unpaired) electrons. The van der Waals surface area contributed by atoms with Crippen molar-refractivity contribution in [1.29, 1.82) is 0 Å². The van der Waals surface area contributed by atoms with E-state index in [4.69, 9.17) is 11.6 Å². The molecule has 1 unspecified atom stereocenters. The lowest BCUT2D eigenvalue weighted by atomic mass is 10.1. The first-order valence-electron chi connectivity index (χ1n) is 5.54. The summed E-state index contributed by atoms with van der Waals surface area (Å²) in [5, 5.41) is 9.65. The lowest BCUT2D eigenvalue weighted by molar-refractivity contribution is 0.520. The molecule has 17 heavy (non-hydrogen) atoms. The van der Waals surface area contributed by atoms with Gasteiger partial charge < -0.3 is 5.32 Å². The number of halogens is 1. The van der Waals surface area contributed by atoms with Crippen LogP contribution in [0.3, 0.4) is 0 Å². The van der Waals surface area contributed by atoms with Gasteiger partial charge in [-0.3, -0.25) is 0 Å². The van der Waals surface area contributed by atoms with E-state index in [9.17, 15) is 0 Å². The zero-order valence-corrected chi connectivity index (χ0v) is 11.9. The molecule has 0 spiro atoms. The fourth-order valence-corrected chi connectivity index (χ4v) is 3.23. The Kier molecular flexibility index (Phi) is 4.91. The molecule has 0 bridgehead atoms. The zero-order chi connectivity index (χ0) is 12.1. The summed E-state index contributed by atoms with van der Waals surface area (Å²) in [4.78, 5) is 1.27. The van der Waals surface area contributed by atoms with E-state index in [1.807, 2.05) is 11.4 Å². The predicted molar refractivity (Wildman–Crippen MR) is 74.0 cm³/mol. The molecule has 2 rings (SSSR count). The number of hydrogen-bond donors (Lipinski definition) is 1. The second-order valence-electron chi connectivity index (χ2n) is 3.75. The molecule has 0 saturated carbocycles. The fourth-order valence-electron chi connectivity index (χ4n) is 1.59. The smallest absolute Gasteiger partial charge is 0.0931 e. The van der Waals surface area contributed by atoms with E-state index in [-0.39, 0.29) is 6.04 Å². The molecule has 0 saturated heterocycles. The van der Waals surface area contributed by atoms with Gasteiger partial charge in [-0.2, -0.15) is 0 Å². The minimum atomic E-state index is 0.239. The summed E-state index contributed by atoms with van der Waals surface area (Å²) in [7, 11) is 0. The molecule has 6 heteroatoms. The normalized spacial score (nSPS) is 12.8. The third-order valence-corrected chi connectivity index (χ3v) is 4.19. The molecule has 92 valence electrons. The number of rotatable bonds is 6. The molecule has 0 aliphatic carbocycles. The summed E-state index contributed by atoms with van der Waals surface area (Å²) in [6, 6.07) is 4.26. The lowest BCUT2D eigenvalue weighted by Gasteiger charge is -2.14. The van der Waals surface area contributed by atoms with Crippen molar-refractivity contribution in [2.24, 2.45) is 0 Å². The Bertz CT molecular complexity index is 441. The van der Waals surface area contributed by atoms with E-state index in [0.717, 1.165) is 29.4 Å². The Hall–Kier alpha value is -0.490. The van der Waals surface area contributed by atoms with Gasteiger partial charge in [-0.25, -0.2) is 0 Å². The highest BCUT2D eigenvalue weighted by molar-refractivity contribution is 7.16. The summed E-state index contributed by atoms with van der Waals surface area (Å²) in [6.07, 6.45) is 2.03. The quantitative estimate of drug-likeness (QED) is 0.883. The van der Waals surface area contributed by atoms with Crippen molar-refractivity contribution in [3.63, 3.8) is 0 Å². The van der Waals surface area contributed by atoms with Gasteiger partial charge in [-0.15, -0.1) is 16.4 Å². The minimum absolute atomic E-state index is 0.239. The Morgan fingerprint density at radius 2 is 2.35 bits per heavy atom. The molecule has 1 atom stereocenters. The van der Waals surface area contributed by atoms with Crippen LogP contribution in [0.4, 0.5) is 0 Å². The van der Waals surface area contributed by atoms with Crippen molar-refractivity contribution in [3.05, 3.63) is 32.4 Å². The molecule has 2 aromatic heterocycles. The maximum Gasteiger partial charge on any atom is 0.0931 e. The van der Waals surface area contributed by atoms with Crippen molar-refractivity contribution in [2.45, 2.75) is 25.8 Å². The van der Waals surface area contributed by atoms with Gasteiger partial charge in [0.1, 0.15) is 0 Å². The first-order chi connectivity index (χ1) is 8.29. The molecule has 0 aliphatic rings. The van der Waals surface area contributed by atoms with E-state index in [2.05, 4.69) is 27.9 Å². The zero-order valence-electron chi connectivity index (χ0n) is 9.52. The minimum Gasteiger partial charge on any atom is -0.308 e. The maximum absolute atomic E-state index is 5.95. The van der Waals surface area contributed by atoms with Crippen LogP contribution in [-0.2, 0) is 6.42 Å². The Morgan fingerprint density at radius 1 is 1.47 bits per heavy atom. The number of hydrogen-bond acceptors (Lipinski definition) is 5. The number of thiophene rings is 1. The Labute approximate surface area is 114 Å². The van der Waals surface area contributed by atoms with Crippen LogP contribution in [0.2, 0.25) is 4.34 Å². The van der Waals surface area contributed by atoms with Gasteiger partial charge in [-0.1, -0.05) is 23.0 Å². The van der Waals surface area contributed by atoms with Crippen molar-refractivity contribution in [3.8, 4) is 0 Å². The molecule has 1 N–H and O–H groups in total. The largest absolute Gasteiger partial charge is 0.308 e. The summed E-state index contributed by atoms with van der Waals surface area (Å²) >= 11 is 8.97. The lowest BCUT2D eigenvalue weighted by Crippen LogP contribution is -2.24. The van der Waals surface area contributed by atoms with E-state index in [0.29, 0.717) is 0 Å². The van der Waals surface area contributed by atoms with Gasteiger partial charge >= 0.3 is 0 Å².